The molecular formula is C12H17NO. The summed E-state index contributed by atoms with van der Waals surface area (Å²) in [5.41, 5.74) is 4.11. The molecule has 2 rings (SSSR count). The van der Waals surface area contributed by atoms with Crippen molar-refractivity contribution < 1.29 is 4.74 Å². The number of benzene rings is 1. The van der Waals surface area contributed by atoms with Crippen LogP contribution in [0.1, 0.15) is 16.7 Å². The van der Waals surface area contributed by atoms with Gasteiger partial charge in [-0.2, -0.15) is 0 Å². The van der Waals surface area contributed by atoms with Crippen molar-refractivity contribution in [1.82, 2.24) is 5.32 Å². The fourth-order valence-electron chi connectivity index (χ4n) is 2.09. The second-order valence-corrected chi connectivity index (χ2v) is 4.14. The fourth-order valence-corrected chi connectivity index (χ4v) is 2.09. The van der Waals surface area contributed by atoms with Crippen LogP contribution in [-0.2, 0) is 10.3 Å². The van der Waals surface area contributed by atoms with Crippen LogP contribution >= 0.6 is 0 Å². The largest absolute Gasteiger partial charge is 0.377 e. The quantitative estimate of drug-likeness (QED) is 0.769. The van der Waals surface area contributed by atoms with E-state index in [0.717, 1.165) is 13.2 Å². The van der Waals surface area contributed by atoms with Gasteiger partial charge in [-0.3, -0.25) is 0 Å². The van der Waals surface area contributed by atoms with Gasteiger partial charge in [0.05, 0.1) is 18.8 Å². The molecule has 76 valence electrons. The van der Waals surface area contributed by atoms with Crippen molar-refractivity contribution >= 4 is 0 Å². The molecule has 1 aromatic rings. The van der Waals surface area contributed by atoms with Gasteiger partial charge in [-0.1, -0.05) is 23.8 Å². The van der Waals surface area contributed by atoms with Gasteiger partial charge < -0.3 is 10.1 Å². The lowest BCUT2D eigenvalue weighted by Crippen LogP contribution is -2.56. The lowest BCUT2D eigenvalue weighted by molar-refractivity contribution is -0.0750. The van der Waals surface area contributed by atoms with E-state index in [-0.39, 0.29) is 5.54 Å². The first-order chi connectivity index (χ1) is 6.68. The first-order valence-electron chi connectivity index (χ1n) is 5.02. The molecule has 0 amide bonds. The predicted molar refractivity (Wildman–Crippen MR) is 57.5 cm³/mol. The van der Waals surface area contributed by atoms with Crippen molar-refractivity contribution in [3.8, 4) is 0 Å². The topological polar surface area (TPSA) is 21.3 Å². The summed E-state index contributed by atoms with van der Waals surface area (Å²) in [6, 6.07) is 6.61. The molecule has 0 aliphatic carbocycles. The van der Waals surface area contributed by atoms with Gasteiger partial charge >= 0.3 is 0 Å². The molecule has 1 fully saturated rings. The first kappa shape index (κ1) is 9.69. The molecule has 1 saturated heterocycles. The third-order valence-electron chi connectivity index (χ3n) is 3.07. The van der Waals surface area contributed by atoms with E-state index in [2.05, 4.69) is 37.4 Å². The first-order valence-corrected chi connectivity index (χ1v) is 5.02. The van der Waals surface area contributed by atoms with E-state index in [0.29, 0.717) is 0 Å². The SMILES string of the molecule is CNC1(c2ccc(C)cc2C)COC1. The molecule has 1 aliphatic heterocycles. The number of hydrogen-bond donors (Lipinski definition) is 1. The van der Waals surface area contributed by atoms with Crippen LogP contribution in [0.2, 0.25) is 0 Å². The van der Waals surface area contributed by atoms with Crippen molar-refractivity contribution in [2.75, 3.05) is 20.3 Å². The molecule has 1 aliphatic rings. The van der Waals surface area contributed by atoms with E-state index in [9.17, 15) is 0 Å². The summed E-state index contributed by atoms with van der Waals surface area (Å²) < 4.78 is 5.31. The second-order valence-electron chi connectivity index (χ2n) is 4.14. The fraction of sp³-hybridized carbons (Fsp3) is 0.500. The van der Waals surface area contributed by atoms with Gasteiger partial charge in [0.2, 0.25) is 0 Å². The highest BCUT2D eigenvalue weighted by atomic mass is 16.5. The van der Waals surface area contributed by atoms with Crippen LogP contribution < -0.4 is 5.32 Å². The van der Waals surface area contributed by atoms with Gasteiger partial charge in [0.15, 0.2) is 0 Å². The Morgan fingerprint density at radius 2 is 2.00 bits per heavy atom. The van der Waals surface area contributed by atoms with Crippen molar-refractivity contribution in [2.45, 2.75) is 19.4 Å². The number of likely N-dealkylation sites (N-methyl/N-ethyl adjacent to an activating group) is 1. The van der Waals surface area contributed by atoms with Gasteiger partial charge in [0.25, 0.3) is 0 Å². The van der Waals surface area contributed by atoms with E-state index in [4.69, 9.17) is 4.74 Å². The molecule has 1 aromatic carbocycles. The van der Waals surface area contributed by atoms with Crippen LogP contribution in [-0.4, -0.2) is 20.3 Å². The van der Waals surface area contributed by atoms with Gasteiger partial charge in [-0.15, -0.1) is 0 Å². The Bertz CT molecular complexity index is 337. The van der Waals surface area contributed by atoms with Crippen molar-refractivity contribution in [3.63, 3.8) is 0 Å². The number of aryl methyl sites for hydroxylation is 2. The van der Waals surface area contributed by atoms with E-state index in [1.54, 1.807) is 0 Å². The highest BCUT2D eigenvalue weighted by molar-refractivity contribution is 5.37. The summed E-state index contributed by atoms with van der Waals surface area (Å²) in [6.45, 7) is 5.86. The van der Waals surface area contributed by atoms with Crippen molar-refractivity contribution in [1.29, 1.82) is 0 Å². The van der Waals surface area contributed by atoms with Crippen LogP contribution in [0.25, 0.3) is 0 Å². The lowest BCUT2D eigenvalue weighted by Gasteiger charge is -2.42. The minimum absolute atomic E-state index is 0.0672. The molecular weight excluding hydrogens is 174 g/mol. The molecule has 2 heteroatoms. The minimum Gasteiger partial charge on any atom is -0.377 e. The number of nitrogens with one attached hydrogen (secondary N) is 1. The maximum atomic E-state index is 5.31. The number of hydrogen-bond acceptors (Lipinski definition) is 2. The monoisotopic (exact) mass is 191 g/mol. The Labute approximate surface area is 85.3 Å². The van der Waals surface area contributed by atoms with Crippen LogP contribution in [0, 0.1) is 13.8 Å². The van der Waals surface area contributed by atoms with Crippen molar-refractivity contribution in [3.05, 3.63) is 34.9 Å². The number of rotatable bonds is 2. The molecule has 1 heterocycles. The zero-order valence-electron chi connectivity index (χ0n) is 9.05. The molecule has 0 saturated carbocycles. The summed E-state index contributed by atoms with van der Waals surface area (Å²) >= 11 is 0. The lowest BCUT2D eigenvalue weighted by atomic mass is 9.84. The standard InChI is InChI=1S/C12H17NO/c1-9-4-5-11(10(2)6-9)12(13-3)7-14-8-12/h4-6,13H,7-8H2,1-3H3. The number of ether oxygens (including phenoxy) is 1. The summed E-state index contributed by atoms with van der Waals surface area (Å²) in [6.07, 6.45) is 0. The van der Waals surface area contributed by atoms with E-state index in [1.165, 1.54) is 16.7 Å². The molecule has 0 atom stereocenters. The van der Waals surface area contributed by atoms with Gasteiger partial charge in [0, 0.05) is 0 Å². The Morgan fingerprint density at radius 3 is 2.43 bits per heavy atom. The molecule has 0 radical (unpaired) electrons. The summed E-state index contributed by atoms with van der Waals surface area (Å²) in [4.78, 5) is 0. The molecule has 0 unspecified atom stereocenters. The molecule has 0 spiro atoms. The Kier molecular flexibility index (Phi) is 2.33. The third kappa shape index (κ3) is 1.35. The summed E-state index contributed by atoms with van der Waals surface area (Å²) in [5, 5.41) is 3.37. The third-order valence-corrected chi connectivity index (χ3v) is 3.07. The average Bonchev–Trinajstić information content (AvgIpc) is 2.07. The highest BCUT2D eigenvalue weighted by Gasteiger charge is 2.39. The maximum Gasteiger partial charge on any atom is 0.0908 e. The molecule has 1 N–H and O–H groups in total. The molecule has 14 heavy (non-hydrogen) atoms. The normalized spacial score (nSPS) is 19.1. The highest BCUT2D eigenvalue weighted by Crippen LogP contribution is 2.31. The van der Waals surface area contributed by atoms with Crippen molar-refractivity contribution in [2.24, 2.45) is 0 Å². The van der Waals surface area contributed by atoms with Crippen LogP contribution in [0.3, 0.4) is 0 Å². The molecule has 0 bridgehead atoms. The van der Waals surface area contributed by atoms with E-state index < -0.39 is 0 Å². The zero-order chi connectivity index (χ0) is 10.2. The van der Waals surface area contributed by atoms with Crippen LogP contribution in [0.5, 0.6) is 0 Å². The predicted octanol–water partition coefficient (Wildman–Crippen LogP) is 1.75. The Balaban J connectivity index is 2.40. The second kappa shape index (κ2) is 3.37. The van der Waals surface area contributed by atoms with E-state index in [1.807, 2.05) is 7.05 Å². The Hall–Kier alpha value is -0.860. The van der Waals surface area contributed by atoms with Crippen LogP contribution in [0.4, 0.5) is 0 Å². The maximum absolute atomic E-state index is 5.31. The van der Waals surface area contributed by atoms with Crippen LogP contribution in [0.15, 0.2) is 18.2 Å². The zero-order valence-corrected chi connectivity index (χ0v) is 9.05. The average molecular weight is 191 g/mol. The smallest absolute Gasteiger partial charge is 0.0908 e. The summed E-state index contributed by atoms with van der Waals surface area (Å²) in [5.74, 6) is 0. The summed E-state index contributed by atoms with van der Waals surface area (Å²) in [7, 11) is 2.00. The van der Waals surface area contributed by atoms with Gasteiger partial charge in [-0.25, -0.2) is 0 Å². The van der Waals surface area contributed by atoms with E-state index >= 15 is 0 Å². The Morgan fingerprint density at radius 1 is 1.29 bits per heavy atom. The van der Waals surface area contributed by atoms with Gasteiger partial charge in [0.1, 0.15) is 0 Å². The van der Waals surface area contributed by atoms with Gasteiger partial charge in [-0.05, 0) is 32.0 Å². The minimum atomic E-state index is 0.0672. The molecule has 2 nitrogen and oxygen atoms in total. The molecule has 0 aromatic heterocycles.